The molecule has 0 radical (unpaired) electrons. The number of carboxylic acid groups (broad SMARTS) is 1. The van der Waals surface area contributed by atoms with E-state index in [0.717, 1.165) is 10.9 Å². The molecule has 1 unspecified atom stereocenters. The highest BCUT2D eigenvalue weighted by Crippen LogP contribution is 2.39. The van der Waals surface area contributed by atoms with E-state index in [-0.39, 0.29) is 5.91 Å². The van der Waals surface area contributed by atoms with Crippen molar-refractivity contribution >= 4 is 33.5 Å². The van der Waals surface area contributed by atoms with Crippen molar-refractivity contribution in [1.29, 1.82) is 0 Å². The summed E-state index contributed by atoms with van der Waals surface area (Å²) in [5.74, 6) is -1.72. The Labute approximate surface area is 126 Å². The number of benzene rings is 1. The molecule has 2 N–H and O–H groups in total. The molecule has 0 aliphatic heterocycles. The molecule has 0 spiro atoms. The van der Waals surface area contributed by atoms with Gasteiger partial charge in [-0.15, -0.1) is 0 Å². The number of carbonyl (C=O) groups excluding carboxylic acids is 1. The van der Waals surface area contributed by atoms with Gasteiger partial charge in [0.1, 0.15) is 0 Å². The molecule has 1 aromatic rings. The zero-order valence-electron chi connectivity index (χ0n) is 11.3. The van der Waals surface area contributed by atoms with Gasteiger partial charge in [-0.2, -0.15) is 0 Å². The summed E-state index contributed by atoms with van der Waals surface area (Å²) in [5, 5.41) is 12.1. The van der Waals surface area contributed by atoms with E-state index in [0.29, 0.717) is 24.4 Å². The summed E-state index contributed by atoms with van der Waals surface area (Å²) < 4.78 is 0.878. The average Bonchev–Trinajstić information content (AvgIpc) is 2.83. The second-order valence-corrected chi connectivity index (χ2v) is 6.21. The minimum absolute atomic E-state index is 0.188. The molecule has 0 heterocycles. The molecule has 3 atom stereocenters. The predicted molar refractivity (Wildman–Crippen MR) is 80.4 cm³/mol. The molecular weight excluding hydrogens is 322 g/mol. The monoisotopic (exact) mass is 339 g/mol. The average molecular weight is 340 g/mol. The Morgan fingerprint density at radius 2 is 2.05 bits per heavy atom. The molecule has 0 bridgehead atoms. The van der Waals surface area contributed by atoms with Crippen molar-refractivity contribution < 1.29 is 14.7 Å². The minimum Gasteiger partial charge on any atom is -0.481 e. The Morgan fingerprint density at radius 1 is 1.35 bits per heavy atom. The standard InChI is InChI=1S/C15H18BrNO3/c1-2-9-6-12(13(7-9)15(19)20)14(18)17-11-5-3-4-10(16)8-11/h3-5,8-9,12-13H,2,6-7H2,1H3,(H,17,18)(H,19,20)/t9?,12-,13+/m0/s1. The minimum atomic E-state index is -0.865. The molecule has 5 heteroatoms. The van der Waals surface area contributed by atoms with Crippen molar-refractivity contribution in [2.75, 3.05) is 5.32 Å². The van der Waals surface area contributed by atoms with Crippen molar-refractivity contribution in [2.45, 2.75) is 26.2 Å². The van der Waals surface area contributed by atoms with E-state index in [1.54, 1.807) is 12.1 Å². The third-order valence-corrected chi connectivity index (χ3v) is 4.48. The number of nitrogens with one attached hydrogen (secondary N) is 1. The largest absolute Gasteiger partial charge is 0.481 e. The molecule has 1 fully saturated rings. The van der Waals surface area contributed by atoms with Gasteiger partial charge in [0.25, 0.3) is 0 Å². The lowest BCUT2D eigenvalue weighted by Gasteiger charge is -2.15. The maximum atomic E-state index is 12.3. The van der Waals surface area contributed by atoms with Crippen LogP contribution in [0.2, 0.25) is 0 Å². The van der Waals surface area contributed by atoms with Crippen molar-refractivity contribution in [3.05, 3.63) is 28.7 Å². The maximum Gasteiger partial charge on any atom is 0.307 e. The summed E-state index contributed by atoms with van der Waals surface area (Å²) in [5.41, 5.74) is 0.688. The van der Waals surface area contributed by atoms with Crippen molar-refractivity contribution in [2.24, 2.45) is 17.8 Å². The van der Waals surface area contributed by atoms with E-state index in [1.165, 1.54) is 0 Å². The first kappa shape index (κ1) is 15.0. The molecule has 1 aliphatic carbocycles. The lowest BCUT2D eigenvalue weighted by atomic mass is 9.95. The van der Waals surface area contributed by atoms with E-state index in [1.807, 2.05) is 19.1 Å². The number of rotatable bonds is 4. The van der Waals surface area contributed by atoms with Gasteiger partial charge in [-0.3, -0.25) is 9.59 Å². The summed E-state index contributed by atoms with van der Waals surface area (Å²) in [6.07, 6.45) is 2.18. The van der Waals surface area contributed by atoms with Crippen LogP contribution in [-0.2, 0) is 9.59 Å². The highest BCUT2D eigenvalue weighted by molar-refractivity contribution is 9.10. The van der Waals surface area contributed by atoms with Gasteiger partial charge in [0.05, 0.1) is 11.8 Å². The summed E-state index contributed by atoms with van der Waals surface area (Å²) in [4.78, 5) is 23.6. The summed E-state index contributed by atoms with van der Waals surface area (Å²) >= 11 is 3.35. The molecule has 1 amide bonds. The number of aliphatic carboxylic acids is 1. The Hall–Kier alpha value is -1.36. The van der Waals surface area contributed by atoms with Crippen LogP contribution < -0.4 is 5.32 Å². The first-order valence-electron chi connectivity index (χ1n) is 6.80. The van der Waals surface area contributed by atoms with Crippen LogP contribution in [0, 0.1) is 17.8 Å². The normalized spacial score (nSPS) is 25.4. The van der Waals surface area contributed by atoms with Gasteiger partial charge < -0.3 is 10.4 Å². The lowest BCUT2D eigenvalue weighted by molar-refractivity contribution is -0.145. The van der Waals surface area contributed by atoms with E-state index in [2.05, 4.69) is 21.2 Å². The third-order valence-electron chi connectivity index (χ3n) is 3.98. The van der Waals surface area contributed by atoms with E-state index in [9.17, 15) is 14.7 Å². The predicted octanol–water partition coefficient (Wildman–Crippen LogP) is 3.52. The Bertz CT molecular complexity index is 518. The summed E-state index contributed by atoms with van der Waals surface area (Å²) in [6.45, 7) is 2.04. The van der Waals surface area contributed by atoms with Crippen LogP contribution in [0.4, 0.5) is 5.69 Å². The van der Waals surface area contributed by atoms with Crippen molar-refractivity contribution in [3.8, 4) is 0 Å². The Morgan fingerprint density at radius 3 is 2.65 bits per heavy atom. The number of anilines is 1. The molecule has 2 rings (SSSR count). The fourth-order valence-electron chi connectivity index (χ4n) is 2.84. The zero-order valence-corrected chi connectivity index (χ0v) is 12.9. The first-order valence-corrected chi connectivity index (χ1v) is 7.59. The highest BCUT2D eigenvalue weighted by Gasteiger charge is 2.42. The summed E-state index contributed by atoms with van der Waals surface area (Å²) in [6, 6.07) is 7.31. The molecule has 0 aromatic heterocycles. The zero-order chi connectivity index (χ0) is 14.7. The number of hydrogen-bond acceptors (Lipinski definition) is 2. The van der Waals surface area contributed by atoms with Gasteiger partial charge in [0.15, 0.2) is 0 Å². The quantitative estimate of drug-likeness (QED) is 0.881. The number of amides is 1. The highest BCUT2D eigenvalue weighted by atomic mass is 79.9. The smallest absolute Gasteiger partial charge is 0.307 e. The Kier molecular flexibility index (Phi) is 4.81. The molecule has 20 heavy (non-hydrogen) atoms. The number of carbonyl (C=O) groups is 2. The van der Waals surface area contributed by atoms with Gasteiger partial charge >= 0.3 is 5.97 Å². The molecule has 4 nitrogen and oxygen atoms in total. The van der Waals surface area contributed by atoms with Crippen LogP contribution in [0.5, 0.6) is 0 Å². The fourth-order valence-corrected chi connectivity index (χ4v) is 3.24. The first-order chi connectivity index (χ1) is 9.51. The summed E-state index contributed by atoms with van der Waals surface area (Å²) in [7, 11) is 0. The third kappa shape index (κ3) is 3.39. The van der Waals surface area contributed by atoms with E-state index < -0.39 is 17.8 Å². The maximum absolute atomic E-state index is 12.3. The fraction of sp³-hybridized carbons (Fsp3) is 0.467. The van der Waals surface area contributed by atoms with Crippen molar-refractivity contribution in [1.82, 2.24) is 0 Å². The van der Waals surface area contributed by atoms with Crippen LogP contribution >= 0.6 is 15.9 Å². The molecule has 1 aliphatic rings. The van der Waals surface area contributed by atoms with Crippen molar-refractivity contribution in [3.63, 3.8) is 0 Å². The van der Waals surface area contributed by atoms with E-state index >= 15 is 0 Å². The SMILES string of the molecule is CCC1C[C@H](C(=O)Nc2cccc(Br)c2)[C@H](C(=O)O)C1. The topological polar surface area (TPSA) is 66.4 Å². The van der Waals surface area contributed by atoms with Gasteiger partial charge in [0.2, 0.25) is 5.91 Å². The number of halogens is 1. The van der Waals surface area contributed by atoms with Crippen LogP contribution in [0.25, 0.3) is 0 Å². The van der Waals surface area contributed by atoms with Gasteiger partial charge in [-0.05, 0) is 37.0 Å². The Balaban J connectivity index is 2.09. The van der Waals surface area contributed by atoms with E-state index in [4.69, 9.17) is 0 Å². The lowest BCUT2D eigenvalue weighted by Crippen LogP contribution is -2.29. The van der Waals surface area contributed by atoms with Crippen LogP contribution in [0.3, 0.4) is 0 Å². The second kappa shape index (κ2) is 6.39. The molecule has 108 valence electrons. The van der Waals surface area contributed by atoms with Crippen LogP contribution in [-0.4, -0.2) is 17.0 Å². The molecule has 1 saturated carbocycles. The van der Waals surface area contributed by atoms with Gasteiger partial charge in [0, 0.05) is 10.2 Å². The molecular formula is C15H18BrNO3. The van der Waals surface area contributed by atoms with Crippen LogP contribution in [0.15, 0.2) is 28.7 Å². The second-order valence-electron chi connectivity index (χ2n) is 5.30. The molecule has 1 aromatic carbocycles. The van der Waals surface area contributed by atoms with Gasteiger partial charge in [-0.25, -0.2) is 0 Å². The van der Waals surface area contributed by atoms with Crippen LogP contribution in [0.1, 0.15) is 26.2 Å². The number of hydrogen-bond donors (Lipinski definition) is 2. The van der Waals surface area contributed by atoms with Gasteiger partial charge in [-0.1, -0.05) is 35.3 Å². The molecule has 0 saturated heterocycles. The number of carboxylic acids is 1.